The number of nitrogens with zero attached hydrogens (tertiary/aromatic N) is 2. The van der Waals surface area contributed by atoms with Crippen LogP contribution in [0.1, 0.15) is 31.6 Å². The van der Waals surface area contributed by atoms with Crippen LogP contribution in [0.25, 0.3) is 0 Å². The molecule has 0 saturated heterocycles. The van der Waals surface area contributed by atoms with Crippen LogP contribution in [-0.2, 0) is 0 Å². The van der Waals surface area contributed by atoms with Crippen LogP contribution in [0.3, 0.4) is 0 Å². The number of nitrogens with one attached hydrogen (secondary N) is 1. The van der Waals surface area contributed by atoms with Crippen LogP contribution in [0.2, 0.25) is 0 Å². The maximum atomic E-state index is 4.96. The topological polar surface area (TPSA) is 51.0 Å². The summed E-state index contributed by atoms with van der Waals surface area (Å²) in [5.74, 6) is 1.34. The Morgan fingerprint density at radius 2 is 2.36 bits per heavy atom. The molecule has 11 heavy (non-hydrogen) atoms. The lowest BCUT2D eigenvalue weighted by molar-refractivity contribution is 0.339. The lowest BCUT2D eigenvalue weighted by Gasteiger charge is -2.04. The summed E-state index contributed by atoms with van der Waals surface area (Å²) in [5, 5.41) is 6.87. The first-order chi connectivity index (χ1) is 5.24. The fourth-order valence-corrected chi connectivity index (χ4v) is 0.882. The molecule has 1 heterocycles. The summed E-state index contributed by atoms with van der Waals surface area (Å²) in [6.45, 7) is 6.75. The molecular formula is C7H13N3O. The average molecular weight is 155 g/mol. The normalized spacial score (nSPS) is 13.4. The third-order valence-corrected chi connectivity index (χ3v) is 1.42. The molecule has 0 saturated carbocycles. The van der Waals surface area contributed by atoms with Crippen molar-refractivity contribution in [3.8, 4) is 0 Å². The molecule has 0 aliphatic heterocycles. The van der Waals surface area contributed by atoms with Gasteiger partial charge in [-0.3, -0.25) is 0 Å². The molecule has 4 heteroatoms. The monoisotopic (exact) mass is 155 g/mol. The second kappa shape index (κ2) is 3.48. The lowest BCUT2D eigenvalue weighted by Crippen LogP contribution is -2.17. The number of rotatable bonds is 3. The predicted molar refractivity (Wildman–Crippen MR) is 41.1 cm³/mol. The Labute approximate surface area is 66.0 Å². The molecule has 0 aromatic carbocycles. The van der Waals surface area contributed by atoms with Crippen molar-refractivity contribution in [3.63, 3.8) is 0 Å². The molecule has 1 unspecified atom stereocenters. The first kappa shape index (κ1) is 8.20. The Morgan fingerprint density at radius 3 is 2.82 bits per heavy atom. The zero-order valence-corrected chi connectivity index (χ0v) is 7.09. The Hall–Kier alpha value is -0.900. The van der Waals surface area contributed by atoms with Gasteiger partial charge in [0.15, 0.2) is 5.82 Å². The molecule has 1 N–H and O–H groups in total. The van der Waals surface area contributed by atoms with Crippen LogP contribution < -0.4 is 5.32 Å². The molecule has 0 radical (unpaired) electrons. The predicted octanol–water partition coefficient (Wildman–Crippen LogP) is 1.05. The highest BCUT2D eigenvalue weighted by Crippen LogP contribution is 2.07. The highest BCUT2D eigenvalue weighted by atomic mass is 16.5. The Kier molecular flexibility index (Phi) is 2.59. The van der Waals surface area contributed by atoms with Crippen LogP contribution in [0.4, 0.5) is 0 Å². The van der Waals surface area contributed by atoms with Crippen molar-refractivity contribution in [2.45, 2.75) is 26.8 Å². The summed E-state index contributed by atoms with van der Waals surface area (Å²) in [6.07, 6.45) is 0. The van der Waals surface area contributed by atoms with E-state index in [0.29, 0.717) is 11.7 Å². The standard InChI is InChI=1S/C7H13N3O/c1-4-8-5(2)7-9-6(3)10-11-7/h5,8H,4H2,1-3H3. The summed E-state index contributed by atoms with van der Waals surface area (Å²) in [6, 6.07) is 0.154. The third kappa shape index (κ3) is 2.01. The van der Waals surface area contributed by atoms with E-state index in [4.69, 9.17) is 4.52 Å². The fourth-order valence-electron chi connectivity index (χ4n) is 0.882. The largest absolute Gasteiger partial charge is 0.338 e. The van der Waals surface area contributed by atoms with Crippen molar-refractivity contribution in [3.05, 3.63) is 11.7 Å². The average Bonchev–Trinajstić information content (AvgIpc) is 2.36. The summed E-state index contributed by atoms with van der Waals surface area (Å²) >= 11 is 0. The van der Waals surface area contributed by atoms with E-state index in [1.165, 1.54) is 0 Å². The smallest absolute Gasteiger partial charge is 0.243 e. The molecular weight excluding hydrogens is 142 g/mol. The summed E-state index contributed by atoms with van der Waals surface area (Å²) in [5.41, 5.74) is 0. The summed E-state index contributed by atoms with van der Waals surface area (Å²) in [4.78, 5) is 4.09. The molecule has 0 spiro atoms. The van der Waals surface area contributed by atoms with Crippen LogP contribution in [0.5, 0.6) is 0 Å². The van der Waals surface area contributed by atoms with E-state index in [1.54, 1.807) is 0 Å². The van der Waals surface area contributed by atoms with Crippen molar-refractivity contribution in [2.24, 2.45) is 0 Å². The number of hydrogen-bond acceptors (Lipinski definition) is 4. The summed E-state index contributed by atoms with van der Waals surface area (Å²) < 4.78 is 4.96. The minimum atomic E-state index is 0.154. The van der Waals surface area contributed by atoms with E-state index in [-0.39, 0.29) is 6.04 Å². The van der Waals surface area contributed by atoms with Crippen molar-refractivity contribution >= 4 is 0 Å². The highest BCUT2D eigenvalue weighted by molar-refractivity contribution is 4.88. The van der Waals surface area contributed by atoms with Gasteiger partial charge in [-0.25, -0.2) is 0 Å². The van der Waals surface area contributed by atoms with Crippen molar-refractivity contribution in [2.75, 3.05) is 6.54 Å². The minimum absolute atomic E-state index is 0.154. The zero-order chi connectivity index (χ0) is 8.27. The SMILES string of the molecule is CCNC(C)c1nc(C)no1. The molecule has 1 atom stereocenters. The van der Waals surface area contributed by atoms with Gasteiger partial charge in [-0.1, -0.05) is 12.1 Å². The van der Waals surface area contributed by atoms with E-state index in [2.05, 4.69) is 15.5 Å². The number of aromatic nitrogens is 2. The Balaban J connectivity index is 2.60. The van der Waals surface area contributed by atoms with Gasteiger partial charge in [-0.15, -0.1) is 0 Å². The van der Waals surface area contributed by atoms with Gasteiger partial charge in [0.1, 0.15) is 0 Å². The Bertz CT molecular complexity index is 221. The molecule has 1 aromatic rings. The van der Waals surface area contributed by atoms with Crippen molar-refractivity contribution in [1.29, 1.82) is 0 Å². The van der Waals surface area contributed by atoms with Gasteiger partial charge in [0.05, 0.1) is 6.04 Å². The maximum Gasteiger partial charge on any atom is 0.243 e. The van der Waals surface area contributed by atoms with E-state index in [1.807, 2.05) is 20.8 Å². The van der Waals surface area contributed by atoms with Gasteiger partial charge in [0, 0.05) is 0 Å². The second-order valence-corrected chi connectivity index (χ2v) is 2.46. The molecule has 0 bridgehead atoms. The first-order valence-electron chi connectivity index (χ1n) is 3.77. The molecule has 1 rings (SSSR count). The Morgan fingerprint density at radius 1 is 1.64 bits per heavy atom. The van der Waals surface area contributed by atoms with Crippen LogP contribution >= 0.6 is 0 Å². The van der Waals surface area contributed by atoms with Gasteiger partial charge in [-0.2, -0.15) is 4.98 Å². The number of aryl methyl sites for hydroxylation is 1. The first-order valence-corrected chi connectivity index (χ1v) is 3.77. The highest BCUT2D eigenvalue weighted by Gasteiger charge is 2.09. The van der Waals surface area contributed by atoms with Gasteiger partial charge in [0.2, 0.25) is 5.89 Å². The maximum absolute atomic E-state index is 4.96. The molecule has 0 aliphatic carbocycles. The van der Waals surface area contributed by atoms with Crippen molar-refractivity contribution in [1.82, 2.24) is 15.5 Å². The van der Waals surface area contributed by atoms with E-state index >= 15 is 0 Å². The van der Waals surface area contributed by atoms with E-state index in [0.717, 1.165) is 6.54 Å². The molecule has 62 valence electrons. The van der Waals surface area contributed by atoms with Gasteiger partial charge < -0.3 is 9.84 Å². The van der Waals surface area contributed by atoms with Crippen LogP contribution in [0, 0.1) is 6.92 Å². The molecule has 4 nitrogen and oxygen atoms in total. The second-order valence-electron chi connectivity index (χ2n) is 2.46. The fraction of sp³-hybridized carbons (Fsp3) is 0.714. The molecule has 0 amide bonds. The quantitative estimate of drug-likeness (QED) is 0.708. The van der Waals surface area contributed by atoms with Crippen molar-refractivity contribution < 1.29 is 4.52 Å². The van der Waals surface area contributed by atoms with Crippen LogP contribution in [-0.4, -0.2) is 16.7 Å². The van der Waals surface area contributed by atoms with E-state index in [9.17, 15) is 0 Å². The zero-order valence-electron chi connectivity index (χ0n) is 7.09. The van der Waals surface area contributed by atoms with Gasteiger partial charge in [0.25, 0.3) is 0 Å². The minimum Gasteiger partial charge on any atom is -0.338 e. The molecule has 0 aliphatic rings. The van der Waals surface area contributed by atoms with Gasteiger partial charge in [-0.05, 0) is 20.4 Å². The lowest BCUT2D eigenvalue weighted by atomic mass is 10.3. The summed E-state index contributed by atoms with van der Waals surface area (Å²) in [7, 11) is 0. The number of hydrogen-bond donors (Lipinski definition) is 1. The van der Waals surface area contributed by atoms with E-state index < -0.39 is 0 Å². The molecule has 0 fully saturated rings. The van der Waals surface area contributed by atoms with Gasteiger partial charge >= 0.3 is 0 Å². The third-order valence-electron chi connectivity index (χ3n) is 1.42. The molecule has 1 aromatic heterocycles. The van der Waals surface area contributed by atoms with Crippen LogP contribution in [0.15, 0.2) is 4.52 Å².